The van der Waals surface area contributed by atoms with Crippen LogP contribution >= 0.6 is 0 Å². The van der Waals surface area contributed by atoms with Crippen molar-refractivity contribution in [1.29, 1.82) is 0 Å². The first-order valence-corrected chi connectivity index (χ1v) is 10.8. The minimum absolute atomic E-state index is 0.00254. The zero-order chi connectivity index (χ0) is 24.0. The van der Waals surface area contributed by atoms with Gasteiger partial charge in [0.1, 0.15) is 6.04 Å². The Labute approximate surface area is 195 Å². The van der Waals surface area contributed by atoms with Crippen LogP contribution in [0.5, 0.6) is 5.75 Å². The topological polar surface area (TPSA) is 92.9 Å². The number of para-hydroxylation sites is 1. The molecule has 7 nitrogen and oxygen atoms in total. The number of hydrogen-bond acceptors (Lipinski definition) is 6. The molecule has 7 heteroatoms. The van der Waals surface area contributed by atoms with Gasteiger partial charge in [0.15, 0.2) is 22.9 Å². The Bertz CT molecular complexity index is 1470. The third-order valence-corrected chi connectivity index (χ3v) is 5.98. The van der Waals surface area contributed by atoms with Crippen molar-refractivity contribution in [1.82, 2.24) is 4.98 Å². The van der Waals surface area contributed by atoms with Crippen molar-refractivity contribution in [3.05, 3.63) is 101 Å². The van der Waals surface area contributed by atoms with Crippen molar-refractivity contribution in [2.45, 2.75) is 19.9 Å². The Morgan fingerprint density at radius 2 is 1.91 bits per heavy atom. The molecule has 1 unspecified atom stereocenters. The van der Waals surface area contributed by atoms with Gasteiger partial charge in [0.25, 0.3) is 5.91 Å². The molecule has 0 aliphatic carbocycles. The van der Waals surface area contributed by atoms with Crippen molar-refractivity contribution in [3.63, 3.8) is 0 Å². The molecule has 0 saturated heterocycles. The molecule has 3 heterocycles. The van der Waals surface area contributed by atoms with E-state index in [0.29, 0.717) is 28.1 Å². The molecular weight excluding hydrogens is 432 g/mol. The summed E-state index contributed by atoms with van der Waals surface area (Å²) in [5, 5.41) is 11.6. The van der Waals surface area contributed by atoms with E-state index in [9.17, 15) is 14.7 Å². The number of anilines is 1. The molecule has 34 heavy (non-hydrogen) atoms. The molecule has 4 aromatic rings. The molecule has 0 saturated carbocycles. The lowest BCUT2D eigenvalue weighted by molar-refractivity contribution is -0.117. The van der Waals surface area contributed by atoms with Crippen LogP contribution in [0.3, 0.4) is 0 Å². The van der Waals surface area contributed by atoms with Gasteiger partial charge >= 0.3 is 0 Å². The van der Waals surface area contributed by atoms with E-state index in [0.717, 1.165) is 11.1 Å². The average Bonchev–Trinajstić information content (AvgIpc) is 3.39. The second-order valence-corrected chi connectivity index (χ2v) is 8.20. The van der Waals surface area contributed by atoms with Crippen molar-refractivity contribution in [2.75, 3.05) is 12.0 Å². The molecule has 2 aromatic carbocycles. The van der Waals surface area contributed by atoms with Gasteiger partial charge in [0, 0.05) is 17.3 Å². The minimum Gasteiger partial charge on any atom is -0.503 e. The minimum atomic E-state index is -0.919. The highest BCUT2D eigenvalue weighted by atomic mass is 16.5. The van der Waals surface area contributed by atoms with Crippen molar-refractivity contribution < 1.29 is 23.8 Å². The summed E-state index contributed by atoms with van der Waals surface area (Å²) in [6, 6.07) is 16.9. The number of ether oxygens (including phenoxy) is 1. The summed E-state index contributed by atoms with van der Waals surface area (Å²) in [5.74, 6) is -1.40. The normalized spacial score (nSPS) is 15.9. The van der Waals surface area contributed by atoms with Crippen LogP contribution in [0.4, 0.5) is 5.69 Å². The number of carbonyl (C=O) groups excluding carboxylic acids is 2. The number of fused-ring (bicyclic) bond motifs is 1. The van der Waals surface area contributed by atoms with Crippen LogP contribution in [-0.2, 0) is 4.79 Å². The summed E-state index contributed by atoms with van der Waals surface area (Å²) in [5.41, 5.74) is 3.25. The van der Waals surface area contributed by atoms with Gasteiger partial charge in [0.2, 0.25) is 5.78 Å². The lowest BCUT2D eigenvalue weighted by Crippen LogP contribution is -2.32. The van der Waals surface area contributed by atoms with Crippen LogP contribution in [0.25, 0.3) is 11.0 Å². The van der Waals surface area contributed by atoms with E-state index in [4.69, 9.17) is 9.15 Å². The fourth-order valence-electron chi connectivity index (χ4n) is 4.42. The number of aliphatic hydroxyl groups is 1. The van der Waals surface area contributed by atoms with E-state index in [-0.39, 0.29) is 11.3 Å². The number of amides is 1. The van der Waals surface area contributed by atoms with Crippen molar-refractivity contribution in [2.24, 2.45) is 0 Å². The quantitative estimate of drug-likeness (QED) is 0.415. The lowest BCUT2D eigenvalue weighted by atomic mass is 9.97. The van der Waals surface area contributed by atoms with Gasteiger partial charge in [-0.2, -0.15) is 0 Å². The van der Waals surface area contributed by atoms with Gasteiger partial charge in [-0.1, -0.05) is 35.9 Å². The highest BCUT2D eigenvalue weighted by molar-refractivity contribution is 6.20. The molecule has 0 spiro atoms. The smallest absolute Gasteiger partial charge is 0.294 e. The van der Waals surface area contributed by atoms with Gasteiger partial charge in [-0.25, -0.2) is 0 Å². The van der Waals surface area contributed by atoms with E-state index in [1.54, 1.807) is 48.7 Å². The van der Waals surface area contributed by atoms with Crippen LogP contribution < -0.4 is 9.64 Å². The lowest BCUT2D eigenvalue weighted by Gasteiger charge is -2.27. The molecule has 0 fully saturated rings. The standard InChI is InChI=1S/C27H22N2O5/c1-15-10-11-19(16(2)13-15)29-23(18-8-4-5-12-28-18)22(25(31)27(29)32)24(30)21-14-17-7-6-9-20(33-3)26(17)34-21/h4-14,23,31H,1-3H3. The number of pyridine rings is 1. The molecule has 1 amide bonds. The Hall–Kier alpha value is -4.39. The van der Waals surface area contributed by atoms with E-state index in [1.807, 2.05) is 32.0 Å². The number of furan rings is 1. The molecule has 1 atom stereocenters. The Morgan fingerprint density at radius 3 is 2.62 bits per heavy atom. The number of nitrogens with zero attached hydrogens (tertiary/aromatic N) is 2. The fraction of sp³-hybridized carbons (Fsp3) is 0.148. The summed E-state index contributed by atoms with van der Waals surface area (Å²) in [6.07, 6.45) is 1.59. The first-order valence-electron chi connectivity index (χ1n) is 10.8. The van der Waals surface area contributed by atoms with Gasteiger partial charge in [0.05, 0.1) is 18.4 Å². The second kappa shape index (κ2) is 8.19. The molecule has 1 N–H and O–H groups in total. The number of rotatable bonds is 5. The number of carbonyl (C=O) groups is 2. The van der Waals surface area contributed by atoms with Crippen LogP contribution in [0, 0.1) is 13.8 Å². The van der Waals surface area contributed by atoms with E-state index < -0.39 is 23.5 Å². The number of aryl methyl sites for hydroxylation is 2. The maximum absolute atomic E-state index is 13.7. The zero-order valence-corrected chi connectivity index (χ0v) is 18.9. The van der Waals surface area contributed by atoms with Gasteiger partial charge < -0.3 is 14.3 Å². The maximum Gasteiger partial charge on any atom is 0.294 e. The van der Waals surface area contributed by atoms with Crippen LogP contribution in [0.15, 0.2) is 82.6 Å². The Morgan fingerprint density at radius 1 is 1.09 bits per heavy atom. The van der Waals surface area contributed by atoms with Crippen LogP contribution in [0.2, 0.25) is 0 Å². The third-order valence-electron chi connectivity index (χ3n) is 5.98. The SMILES string of the molecule is COc1cccc2cc(C(=O)C3=C(O)C(=O)N(c4ccc(C)cc4C)C3c3ccccn3)oc12. The van der Waals surface area contributed by atoms with Gasteiger partial charge in [-0.3, -0.25) is 19.5 Å². The predicted molar refractivity (Wildman–Crippen MR) is 127 cm³/mol. The van der Waals surface area contributed by atoms with Crippen LogP contribution in [-0.4, -0.2) is 28.9 Å². The van der Waals surface area contributed by atoms with Crippen molar-refractivity contribution >= 4 is 28.3 Å². The summed E-state index contributed by atoms with van der Waals surface area (Å²) < 4.78 is 11.2. The number of aromatic nitrogens is 1. The number of ketones is 1. The fourth-order valence-corrected chi connectivity index (χ4v) is 4.42. The number of hydrogen-bond donors (Lipinski definition) is 1. The number of Topliss-reactive ketones (excluding diaryl/α,β-unsaturated/α-hetero) is 1. The molecule has 0 bridgehead atoms. The molecule has 0 radical (unpaired) electrons. The summed E-state index contributed by atoms with van der Waals surface area (Å²) in [4.78, 5) is 32.9. The Balaban J connectivity index is 1.67. The maximum atomic E-state index is 13.7. The van der Waals surface area contributed by atoms with E-state index >= 15 is 0 Å². The second-order valence-electron chi connectivity index (χ2n) is 8.20. The molecule has 2 aromatic heterocycles. The molecule has 1 aliphatic heterocycles. The highest BCUT2D eigenvalue weighted by Crippen LogP contribution is 2.43. The number of methoxy groups -OCH3 is 1. The molecule has 5 rings (SSSR count). The van der Waals surface area contributed by atoms with Gasteiger partial charge in [-0.15, -0.1) is 0 Å². The summed E-state index contributed by atoms with van der Waals surface area (Å²) in [6.45, 7) is 3.84. The summed E-state index contributed by atoms with van der Waals surface area (Å²) >= 11 is 0. The number of aliphatic hydroxyl groups excluding tert-OH is 1. The molecule has 1 aliphatic rings. The number of benzene rings is 2. The Kier molecular flexibility index (Phi) is 5.17. The molecular formula is C27H22N2O5. The van der Waals surface area contributed by atoms with Crippen LogP contribution in [0.1, 0.15) is 33.4 Å². The largest absolute Gasteiger partial charge is 0.503 e. The third kappa shape index (κ3) is 3.33. The summed E-state index contributed by atoms with van der Waals surface area (Å²) in [7, 11) is 1.52. The van der Waals surface area contributed by atoms with E-state index in [2.05, 4.69) is 4.98 Å². The van der Waals surface area contributed by atoms with Gasteiger partial charge in [-0.05, 0) is 49.7 Å². The molecule has 170 valence electrons. The van der Waals surface area contributed by atoms with Crippen molar-refractivity contribution in [3.8, 4) is 5.75 Å². The first kappa shape index (κ1) is 21.5. The zero-order valence-electron chi connectivity index (χ0n) is 18.9. The first-order chi connectivity index (χ1) is 16.4. The monoisotopic (exact) mass is 454 g/mol. The predicted octanol–water partition coefficient (Wildman–Crippen LogP) is 5.24. The average molecular weight is 454 g/mol. The highest BCUT2D eigenvalue weighted by Gasteiger charge is 2.46. The van der Waals surface area contributed by atoms with E-state index in [1.165, 1.54) is 12.0 Å².